The largest absolute Gasteiger partial charge is 0.494 e. The number of carbonyl (C=O) groups is 1. The summed E-state index contributed by atoms with van der Waals surface area (Å²) in [5.74, 6) is -0.766. The van der Waals surface area contributed by atoms with Gasteiger partial charge in [0, 0.05) is 10.9 Å². The van der Waals surface area contributed by atoms with Crippen LogP contribution in [0.15, 0.2) is 23.6 Å². The van der Waals surface area contributed by atoms with Crippen molar-refractivity contribution >= 4 is 17.3 Å². The molecule has 0 saturated carbocycles. The number of methoxy groups -OCH3 is 1. The van der Waals surface area contributed by atoms with Gasteiger partial charge in [0.15, 0.2) is 17.3 Å². The Morgan fingerprint density at radius 3 is 2.89 bits per heavy atom. The second-order valence-corrected chi connectivity index (χ2v) is 4.47. The van der Waals surface area contributed by atoms with E-state index in [1.54, 1.807) is 18.4 Å². The van der Waals surface area contributed by atoms with Gasteiger partial charge in [-0.05, 0) is 25.1 Å². The summed E-state index contributed by atoms with van der Waals surface area (Å²) in [7, 11) is 1.40. The molecule has 0 aliphatic heterocycles. The van der Waals surface area contributed by atoms with Gasteiger partial charge in [0.2, 0.25) is 0 Å². The Morgan fingerprint density at radius 2 is 2.26 bits per heavy atom. The molecule has 19 heavy (non-hydrogen) atoms. The van der Waals surface area contributed by atoms with Crippen LogP contribution in [0.2, 0.25) is 0 Å². The van der Waals surface area contributed by atoms with Crippen LogP contribution in [0, 0.1) is 5.82 Å². The maximum Gasteiger partial charge on any atom is 0.357 e. The van der Waals surface area contributed by atoms with Crippen molar-refractivity contribution in [1.29, 1.82) is 0 Å². The van der Waals surface area contributed by atoms with Crippen molar-refractivity contribution in [1.82, 2.24) is 4.98 Å². The third kappa shape index (κ3) is 2.90. The summed E-state index contributed by atoms with van der Waals surface area (Å²) in [6, 6.07) is 4.54. The summed E-state index contributed by atoms with van der Waals surface area (Å²) >= 11 is 1.26. The van der Waals surface area contributed by atoms with Crippen LogP contribution < -0.4 is 4.74 Å². The van der Waals surface area contributed by atoms with Gasteiger partial charge in [-0.25, -0.2) is 14.2 Å². The van der Waals surface area contributed by atoms with Crippen molar-refractivity contribution in [2.75, 3.05) is 13.7 Å². The molecule has 2 aromatic rings. The van der Waals surface area contributed by atoms with E-state index in [0.717, 1.165) is 0 Å². The Morgan fingerprint density at radius 1 is 1.47 bits per heavy atom. The minimum Gasteiger partial charge on any atom is -0.494 e. The molecule has 4 nitrogen and oxygen atoms in total. The van der Waals surface area contributed by atoms with Gasteiger partial charge in [-0.15, -0.1) is 11.3 Å². The lowest BCUT2D eigenvalue weighted by atomic mass is 10.2. The maximum atomic E-state index is 13.6. The Bertz CT molecular complexity index is 597. The number of carbonyl (C=O) groups excluding carboxylic acids is 1. The molecule has 0 bridgehead atoms. The van der Waals surface area contributed by atoms with Gasteiger partial charge in [-0.3, -0.25) is 0 Å². The Labute approximate surface area is 113 Å². The third-order valence-electron chi connectivity index (χ3n) is 2.39. The molecule has 100 valence electrons. The van der Waals surface area contributed by atoms with Crippen molar-refractivity contribution in [2.24, 2.45) is 0 Å². The van der Waals surface area contributed by atoms with Gasteiger partial charge < -0.3 is 9.47 Å². The van der Waals surface area contributed by atoms with Crippen LogP contribution in [0.4, 0.5) is 4.39 Å². The van der Waals surface area contributed by atoms with Crippen LogP contribution in [-0.2, 0) is 4.74 Å². The van der Waals surface area contributed by atoms with Crippen LogP contribution in [-0.4, -0.2) is 24.7 Å². The molecule has 0 amide bonds. The van der Waals surface area contributed by atoms with Crippen molar-refractivity contribution in [3.8, 4) is 16.3 Å². The monoisotopic (exact) mass is 281 g/mol. The molecule has 6 heteroatoms. The molecule has 0 aliphatic rings. The van der Waals surface area contributed by atoms with Gasteiger partial charge in [0.05, 0.1) is 13.7 Å². The normalized spacial score (nSPS) is 10.3. The standard InChI is InChI=1S/C13H12FNO3S/c1-3-18-13(16)10-7-19-12(15-10)8-4-5-11(17-2)9(14)6-8/h4-7H,3H2,1-2H3. The predicted octanol–water partition coefficient (Wildman–Crippen LogP) is 3.13. The zero-order chi connectivity index (χ0) is 13.8. The van der Waals surface area contributed by atoms with E-state index in [1.165, 1.54) is 30.6 Å². The van der Waals surface area contributed by atoms with Gasteiger partial charge >= 0.3 is 5.97 Å². The SMILES string of the molecule is CCOC(=O)c1csc(-c2ccc(OC)c(F)c2)n1. The van der Waals surface area contributed by atoms with E-state index >= 15 is 0 Å². The van der Waals surface area contributed by atoms with E-state index < -0.39 is 11.8 Å². The first-order valence-corrected chi connectivity index (χ1v) is 6.50. The first kappa shape index (κ1) is 13.5. The second-order valence-electron chi connectivity index (χ2n) is 3.61. The number of nitrogens with zero attached hydrogens (tertiary/aromatic N) is 1. The van der Waals surface area contributed by atoms with Crippen LogP contribution in [0.5, 0.6) is 5.75 Å². The van der Waals surface area contributed by atoms with E-state index in [9.17, 15) is 9.18 Å². The molecule has 2 rings (SSSR count). The molecule has 0 aliphatic carbocycles. The number of hydrogen-bond acceptors (Lipinski definition) is 5. The minimum atomic E-state index is -0.473. The van der Waals surface area contributed by atoms with Crippen LogP contribution in [0.3, 0.4) is 0 Å². The van der Waals surface area contributed by atoms with E-state index in [1.807, 2.05) is 0 Å². The highest BCUT2D eigenvalue weighted by Gasteiger charge is 2.13. The molecule has 0 atom stereocenters. The third-order valence-corrected chi connectivity index (χ3v) is 3.28. The fourth-order valence-electron chi connectivity index (χ4n) is 1.50. The number of ether oxygens (including phenoxy) is 2. The van der Waals surface area contributed by atoms with Crippen molar-refractivity contribution in [3.63, 3.8) is 0 Å². The van der Waals surface area contributed by atoms with E-state index in [2.05, 4.69) is 4.98 Å². The van der Waals surface area contributed by atoms with Crippen LogP contribution in [0.25, 0.3) is 10.6 Å². The topological polar surface area (TPSA) is 48.4 Å². The van der Waals surface area contributed by atoms with E-state index in [4.69, 9.17) is 9.47 Å². The van der Waals surface area contributed by atoms with Crippen LogP contribution >= 0.6 is 11.3 Å². The first-order valence-electron chi connectivity index (χ1n) is 5.62. The molecule has 0 fully saturated rings. The number of thiazole rings is 1. The predicted molar refractivity (Wildman–Crippen MR) is 70.0 cm³/mol. The first-order chi connectivity index (χ1) is 9.15. The summed E-state index contributed by atoms with van der Waals surface area (Å²) in [6.07, 6.45) is 0. The van der Waals surface area contributed by atoms with Gasteiger partial charge in [-0.2, -0.15) is 0 Å². The number of esters is 1. The fourth-order valence-corrected chi connectivity index (χ4v) is 2.29. The zero-order valence-corrected chi connectivity index (χ0v) is 11.3. The molecule has 1 heterocycles. The summed E-state index contributed by atoms with van der Waals surface area (Å²) in [6.45, 7) is 2.02. The van der Waals surface area contributed by atoms with Gasteiger partial charge in [0.25, 0.3) is 0 Å². The molecule has 0 unspecified atom stereocenters. The van der Waals surface area contributed by atoms with E-state index in [0.29, 0.717) is 17.2 Å². The molecular weight excluding hydrogens is 269 g/mol. The van der Waals surface area contributed by atoms with Crippen LogP contribution in [0.1, 0.15) is 17.4 Å². The highest BCUT2D eigenvalue weighted by molar-refractivity contribution is 7.13. The molecule has 0 N–H and O–H groups in total. The van der Waals surface area contributed by atoms with Gasteiger partial charge in [0.1, 0.15) is 5.01 Å². The fraction of sp³-hybridized carbons (Fsp3) is 0.231. The lowest BCUT2D eigenvalue weighted by molar-refractivity contribution is 0.0520. The minimum absolute atomic E-state index is 0.172. The number of halogens is 1. The molecular formula is C13H12FNO3S. The number of rotatable bonds is 4. The number of aromatic nitrogens is 1. The Hall–Kier alpha value is -1.95. The number of hydrogen-bond donors (Lipinski definition) is 0. The maximum absolute atomic E-state index is 13.6. The highest BCUT2D eigenvalue weighted by Crippen LogP contribution is 2.28. The van der Waals surface area contributed by atoms with Crippen molar-refractivity contribution in [3.05, 3.63) is 35.1 Å². The summed E-state index contributed by atoms with van der Waals surface area (Å²) < 4.78 is 23.3. The Kier molecular flexibility index (Phi) is 4.11. The highest BCUT2D eigenvalue weighted by atomic mass is 32.1. The summed E-state index contributed by atoms with van der Waals surface area (Å²) in [4.78, 5) is 15.6. The quantitative estimate of drug-likeness (QED) is 0.808. The lowest BCUT2D eigenvalue weighted by Crippen LogP contribution is -2.04. The average molecular weight is 281 g/mol. The number of benzene rings is 1. The second kappa shape index (κ2) is 5.79. The molecule has 0 radical (unpaired) electrons. The molecule has 0 spiro atoms. The van der Waals surface area contributed by atoms with Gasteiger partial charge in [-0.1, -0.05) is 0 Å². The smallest absolute Gasteiger partial charge is 0.357 e. The molecule has 1 aromatic heterocycles. The zero-order valence-electron chi connectivity index (χ0n) is 10.5. The molecule has 1 aromatic carbocycles. The Balaban J connectivity index is 2.27. The summed E-state index contributed by atoms with van der Waals surface area (Å²) in [5, 5.41) is 2.15. The molecule has 0 saturated heterocycles. The summed E-state index contributed by atoms with van der Waals surface area (Å²) in [5.41, 5.74) is 0.830. The van der Waals surface area contributed by atoms with Crippen molar-refractivity contribution < 1.29 is 18.7 Å². The lowest BCUT2D eigenvalue weighted by Gasteiger charge is -2.02. The van der Waals surface area contributed by atoms with Crippen molar-refractivity contribution in [2.45, 2.75) is 6.92 Å². The average Bonchev–Trinajstić information content (AvgIpc) is 2.88. The van der Waals surface area contributed by atoms with E-state index in [-0.39, 0.29) is 11.4 Å².